The topological polar surface area (TPSA) is 88.5 Å². The molecular formula is C32H38N4O4. The Labute approximate surface area is 236 Å². The Morgan fingerprint density at radius 1 is 0.550 bits per heavy atom. The highest BCUT2D eigenvalue weighted by atomic mass is 16.5. The van der Waals surface area contributed by atoms with Gasteiger partial charge in [0.25, 0.3) is 0 Å². The van der Waals surface area contributed by atoms with Crippen molar-refractivity contribution < 1.29 is 18.9 Å². The molecule has 1 fully saturated rings. The Morgan fingerprint density at radius 2 is 0.950 bits per heavy atom. The van der Waals surface area contributed by atoms with Crippen LogP contribution >= 0.6 is 0 Å². The third-order valence-corrected chi connectivity index (χ3v) is 6.52. The zero-order valence-electron chi connectivity index (χ0n) is 23.7. The molecule has 0 aliphatic heterocycles. The van der Waals surface area contributed by atoms with Gasteiger partial charge in [-0.3, -0.25) is 0 Å². The lowest BCUT2D eigenvalue weighted by Crippen LogP contribution is -2.33. The van der Waals surface area contributed by atoms with Crippen molar-refractivity contribution >= 4 is 0 Å². The van der Waals surface area contributed by atoms with E-state index >= 15 is 0 Å². The van der Waals surface area contributed by atoms with Gasteiger partial charge in [-0.2, -0.15) is 19.9 Å². The molecule has 2 atom stereocenters. The number of aromatic nitrogens is 4. The van der Waals surface area contributed by atoms with Gasteiger partial charge in [0.05, 0.1) is 37.8 Å². The molecule has 2 aromatic carbocycles. The van der Waals surface area contributed by atoms with Gasteiger partial charge in [-0.15, -0.1) is 0 Å². The molecule has 8 nitrogen and oxygen atoms in total. The third kappa shape index (κ3) is 7.46. The van der Waals surface area contributed by atoms with Crippen LogP contribution in [0.2, 0.25) is 0 Å². The van der Waals surface area contributed by atoms with E-state index in [1.54, 1.807) is 0 Å². The van der Waals surface area contributed by atoms with Crippen LogP contribution in [-0.2, 0) is 0 Å². The highest BCUT2D eigenvalue weighted by Gasteiger charge is 2.46. The van der Waals surface area contributed by atoms with E-state index in [9.17, 15) is 0 Å². The molecular weight excluding hydrogens is 504 g/mol. The van der Waals surface area contributed by atoms with Crippen LogP contribution in [0.1, 0.15) is 68.8 Å². The van der Waals surface area contributed by atoms with Gasteiger partial charge in [0, 0.05) is 29.9 Å². The molecule has 0 amide bonds. The summed E-state index contributed by atoms with van der Waals surface area (Å²) >= 11 is 0. The molecule has 0 N–H and O–H groups in total. The molecule has 0 bridgehead atoms. The van der Waals surface area contributed by atoms with Crippen LogP contribution in [0.4, 0.5) is 0 Å². The summed E-state index contributed by atoms with van der Waals surface area (Å²) in [4.78, 5) is 18.2. The van der Waals surface area contributed by atoms with Gasteiger partial charge in [-0.05, 0) is 39.7 Å². The minimum absolute atomic E-state index is 0.162. The van der Waals surface area contributed by atoms with Crippen molar-refractivity contribution in [1.82, 2.24) is 19.9 Å². The monoisotopic (exact) mass is 542 g/mol. The van der Waals surface area contributed by atoms with Gasteiger partial charge in [0.2, 0.25) is 11.8 Å². The molecule has 0 radical (unpaired) electrons. The molecule has 2 heterocycles. The summed E-state index contributed by atoms with van der Waals surface area (Å²) in [6.45, 7) is 9.76. The fraction of sp³-hybridized carbons (Fsp3) is 0.375. The second-order valence-corrected chi connectivity index (χ2v) is 9.10. The SMILES string of the molecule is CCOc1cc(C2CC(c3cc(OCC)nc(OCC)n3)C2c2ccccc2)nc(OCC)n1.c1ccccc1. The molecule has 0 saturated heterocycles. The van der Waals surface area contributed by atoms with E-state index in [-0.39, 0.29) is 17.8 Å². The lowest BCUT2D eigenvalue weighted by Gasteiger charge is -2.44. The minimum Gasteiger partial charge on any atom is -0.478 e. The number of hydrogen-bond acceptors (Lipinski definition) is 8. The van der Waals surface area contributed by atoms with Crippen LogP contribution in [-0.4, -0.2) is 46.4 Å². The maximum atomic E-state index is 5.71. The fourth-order valence-electron chi connectivity index (χ4n) is 4.84. The first-order valence-electron chi connectivity index (χ1n) is 14.0. The summed E-state index contributed by atoms with van der Waals surface area (Å²) in [6.07, 6.45) is 0.863. The summed E-state index contributed by atoms with van der Waals surface area (Å²) in [5, 5.41) is 0. The summed E-state index contributed by atoms with van der Waals surface area (Å²) in [5.74, 6) is 1.56. The van der Waals surface area contributed by atoms with Gasteiger partial charge >= 0.3 is 12.0 Å². The summed E-state index contributed by atoms with van der Waals surface area (Å²) < 4.78 is 22.7. The summed E-state index contributed by atoms with van der Waals surface area (Å²) in [7, 11) is 0. The van der Waals surface area contributed by atoms with Crippen molar-refractivity contribution in [3.8, 4) is 23.8 Å². The molecule has 1 aliphatic carbocycles. The van der Waals surface area contributed by atoms with Crippen molar-refractivity contribution in [2.75, 3.05) is 26.4 Å². The van der Waals surface area contributed by atoms with E-state index in [0.717, 1.165) is 17.8 Å². The minimum atomic E-state index is 0.162. The first-order valence-corrected chi connectivity index (χ1v) is 14.0. The number of nitrogens with zero attached hydrogens (tertiary/aromatic N) is 4. The lowest BCUT2D eigenvalue weighted by atomic mass is 9.59. The van der Waals surface area contributed by atoms with Crippen LogP contribution in [0.15, 0.2) is 78.9 Å². The average molecular weight is 543 g/mol. The number of ether oxygens (including phenoxy) is 4. The largest absolute Gasteiger partial charge is 0.478 e. The van der Waals surface area contributed by atoms with Gasteiger partial charge in [-0.1, -0.05) is 66.7 Å². The Hall–Kier alpha value is -4.20. The molecule has 5 rings (SSSR count). The molecule has 2 aromatic heterocycles. The number of rotatable bonds is 11. The Bertz CT molecular complexity index is 1170. The van der Waals surface area contributed by atoms with Crippen LogP contribution in [0.5, 0.6) is 23.8 Å². The molecule has 4 aromatic rings. The molecule has 1 aliphatic rings. The predicted molar refractivity (Wildman–Crippen MR) is 154 cm³/mol. The van der Waals surface area contributed by atoms with Crippen LogP contribution in [0.3, 0.4) is 0 Å². The Balaban J connectivity index is 0.000000546. The van der Waals surface area contributed by atoms with E-state index in [1.807, 2.05) is 82.3 Å². The summed E-state index contributed by atoms with van der Waals surface area (Å²) in [6, 6.07) is 27.0. The maximum absolute atomic E-state index is 5.71. The molecule has 210 valence electrons. The molecule has 1 saturated carbocycles. The molecule has 0 spiro atoms. The smallest absolute Gasteiger partial charge is 0.319 e. The Morgan fingerprint density at radius 3 is 1.35 bits per heavy atom. The lowest BCUT2D eigenvalue weighted by molar-refractivity contribution is 0.250. The summed E-state index contributed by atoms with van der Waals surface area (Å²) in [5.41, 5.74) is 3.06. The molecule has 8 heteroatoms. The Kier molecular flexibility index (Phi) is 10.7. The zero-order valence-corrected chi connectivity index (χ0v) is 23.7. The van der Waals surface area contributed by atoms with E-state index in [0.29, 0.717) is 50.2 Å². The second kappa shape index (κ2) is 14.8. The van der Waals surface area contributed by atoms with Crippen molar-refractivity contribution in [3.63, 3.8) is 0 Å². The van der Waals surface area contributed by atoms with Crippen molar-refractivity contribution in [1.29, 1.82) is 0 Å². The average Bonchev–Trinajstić information content (AvgIpc) is 2.95. The number of benzene rings is 2. The van der Waals surface area contributed by atoms with E-state index in [4.69, 9.17) is 28.9 Å². The van der Waals surface area contributed by atoms with Crippen molar-refractivity contribution in [3.05, 3.63) is 95.8 Å². The first-order chi connectivity index (χ1) is 19.7. The standard InChI is InChI=1S/C26H32N4O4.C6H6/c1-5-31-22-15-20(27-25(29-22)33-7-3)18-14-19(24(18)17-12-10-9-11-13-17)21-16-23(32-6-2)30-26(28-21)34-8-4;1-2-4-6-5-3-1/h9-13,15-16,18-19,24H,5-8,14H2,1-4H3;1-6H. The fourth-order valence-corrected chi connectivity index (χ4v) is 4.84. The van der Waals surface area contributed by atoms with E-state index in [2.05, 4.69) is 34.2 Å². The normalized spacial score (nSPS) is 17.6. The third-order valence-electron chi connectivity index (χ3n) is 6.52. The van der Waals surface area contributed by atoms with E-state index in [1.165, 1.54) is 5.56 Å². The second-order valence-electron chi connectivity index (χ2n) is 9.10. The number of hydrogen-bond donors (Lipinski definition) is 0. The van der Waals surface area contributed by atoms with Crippen molar-refractivity contribution in [2.45, 2.75) is 51.9 Å². The van der Waals surface area contributed by atoms with Gasteiger partial charge in [0.15, 0.2) is 0 Å². The quantitative estimate of drug-likeness (QED) is 0.209. The molecule has 40 heavy (non-hydrogen) atoms. The highest BCUT2D eigenvalue weighted by Crippen LogP contribution is 2.58. The van der Waals surface area contributed by atoms with Crippen LogP contribution in [0, 0.1) is 0 Å². The predicted octanol–water partition coefficient (Wildman–Crippen LogP) is 6.60. The zero-order chi connectivity index (χ0) is 28.2. The molecule has 2 unspecified atom stereocenters. The first kappa shape index (κ1) is 28.8. The van der Waals surface area contributed by atoms with Gasteiger partial charge < -0.3 is 18.9 Å². The highest BCUT2D eigenvalue weighted by molar-refractivity contribution is 5.39. The van der Waals surface area contributed by atoms with E-state index < -0.39 is 0 Å². The van der Waals surface area contributed by atoms with Crippen LogP contribution < -0.4 is 18.9 Å². The van der Waals surface area contributed by atoms with Gasteiger partial charge in [0.1, 0.15) is 0 Å². The van der Waals surface area contributed by atoms with Gasteiger partial charge in [-0.25, -0.2) is 0 Å². The maximum Gasteiger partial charge on any atom is 0.319 e. The van der Waals surface area contributed by atoms with Crippen molar-refractivity contribution in [2.24, 2.45) is 0 Å². The van der Waals surface area contributed by atoms with Crippen LogP contribution in [0.25, 0.3) is 0 Å².